The Morgan fingerprint density at radius 1 is 1.00 bits per heavy atom. The van der Waals surface area contributed by atoms with Crippen molar-refractivity contribution >= 4 is 16.0 Å². The lowest BCUT2D eigenvalue weighted by Gasteiger charge is -2.11. The molecule has 1 heterocycles. The van der Waals surface area contributed by atoms with Crippen molar-refractivity contribution in [3.8, 4) is 34.3 Å². The monoisotopic (exact) mass is 405 g/mol. The molecule has 0 aliphatic rings. The molecule has 0 unspecified atom stereocenters. The fourth-order valence-electron chi connectivity index (χ4n) is 2.69. The Hall–Kier alpha value is -3.33. The van der Waals surface area contributed by atoms with Gasteiger partial charge in [-0.15, -0.1) is 0 Å². The van der Waals surface area contributed by atoms with Crippen LogP contribution in [0.25, 0.3) is 11.3 Å². The van der Waals surface area contributed by atoms with Crippen molar-refractivity contribution < 1.29 is 31.6 Å². The van der Waals surface area contributed by atoms with Crippen molar-refractivity contribution in [1.82, 2.24) is 0 Å². The number of nitrogen functional groups attached to an aromatic ring is 1. The predicted molar refractivity (Wildman–Crippen MR) is 103 cm³/mol. The minimum absolute atomic E-state index is 0.0989. The van der Waals surface area contributed by atoms with Crippen molar-refractivity contribution in [2.24, 2.45) is 0 Å². The number of anilines is 1. The van der Waals surface area contributed by atoms with E-state index in [2.05, 4.69) is 0 Å². The van der Waals surface area contributed by atoms with Gasteiger partial charge in [0.05, 0.1) is 19.8 Å². The highest BCUT2D eigenvalue weighted by Gasteiger charge is 2.28. The lowest BCUT2D eigenvalue weighted by Crippen LogP contribution is -2.12. The first-order valence-electron chi connectivity index (χ1n) is 8.15. The minimum Gasteiger partial charge on any atom is -0.501 e. The van der Waals surface area contributed by atoms with Gasteiger partial charge in [0.15, 0.2) is 17.3 Å². The van der Waals surface area contributed by atoms with Crippen molar-refractivity contribution in [3.63, 3.8) is 0 Å². The van der Waals surface area contributed by atoms with Crippen LogP contribution in [0.4, 0.5) is 5.88 Å². The van der Waals surface area contributed by atoms with Crippen molar-refractivity contribution in [2.45, 2.75) is 5.75 Å². The van der Waals surface area contributed by atoms with Crippen LogP contribution in [0.15, 0.2) is 52.9 Å². The molecular weight excluding hydrogens is 386 g/mol. The summed E-state index contributed by atoms with van der Waals surface area (Å²) < 4.78 is 45.7. The van der Waals surface area contributed by atoms with E-state index in [9.17, 15) is 13.5 Å². The smallest absolute Gasteiger partial charge is 0.313 e. The van der Waals surface area contributed by atoms with E-state index in [4.69, 9.17) is 23.8 Å². The van der Waals surface area contributed by atoms with E-state index >= 15 is 0 Å². The maximum Gasteiger partial charge on any atom is 0.313 e. The molecule has 0 aliphatic heterocycles. The van der Waals surface area contributed by atoms with Gasteiger partial charge in [-0.3, -0.25) is 0 Å². The maximum atomic E-state index is 12.4. The second-order valence-corrected chi connectivity index (χ2v) is 7.36. The summed E-state index contributed by atoms with van der Waals surface area (Å²) in [5.41, 5.74) is 6.60. The topological polar surface area (TPSA) is 121 Å². The van der Waals surface area contributed by atoms with Gasteiger partial charge in [-0.05, 0) is 17.7 Å². The first kappa shape index (κ1) is 19.4. The molecule has 3 rings (SSSR count). The number of furan rings is 1. The molecule has 3 N–H and O–H groups in total. The average molecular weight is 405 g/mol. The molecule has 0 bridgehead atoms. The molecule has 2 aromatic carbocycles. The molecule has 1 aromatic heterocycles. The molecular formula is C19H19NO7S. The van der Waals surface area contributed by atoms with E-state index in [1.54, 1.807) is 48.5 Å². The molecule has 9 heteroatoms. The largest absolute Gasteiger partial charge is 0.501 e. The zero-order valence-corrected chi connectivity index (χ0v) is 16.0. The van der Waals surface area contributed by atoms with E-state index < -0.39 is 27.4 Å². The second kappa shape index (κ2) is 7.73. The van der Waals surface area contributed by atoms with Gasteiger partial charge in [-0.1, -0.05) is 36.4 Å². The third-order valence-electron chi connectivity index (χ3n) is 3.91. The van der Waals surface area contributed by atoms with Gasteiger partial charge in [0.2, 0.25) is 17.4 Å². The van der Waals surface area contributed by atoms with Gasteiger partial charge in [0.1, 0.15) is 5.75 Å². The third kappa shape index (κ3) is 3.84. The molecule has 0 atom stereocenters. The number of methoxy groups -OCH3 is 2. The number of hydrogen-bond donors (Lipinski definition) is 2. The maximum absolute atomic E-state index is 12.4. The van der Waals surface area contributed by atoms with Gasteiger partial charge in [-0.2, -0.15) is 8.42 Å². The summed E-state index contributed by atoms with van der Waals surface area (Å²) in [6.07, 6.45) is 0. The highest BCUT2D eigenvalue weighted by atomic mass is 32.2. The summed E-state index contributed by atoms with van der Waals surface area (Å²) >= 11 is 0. The number of nitrogens with two attached hydrogens (primary N) is 1. The fraction of sp³-hybridized carbons (Fsp3) is 0.158. The summed E-state index contributed by atoms with van der Waals surface area (Å²) in [5.74, 6) is -1.22. The Morgan fingerprint density at radius 2 is 1.71 bits per heavy atom. The summed E-state index contributed by atoms with van der Waals surface area (Å²) in [6, 6.07) is 13.4. The van der Waals surface area contributed by atoms with Crippen molar-refractivity contribution in [1.29, 1.82) is 0 Å². The first-order chi connectivity index (χ1) is 13.4. The van der Waals surface area contributed by atoms with Crippen LogP contribution in [0.2, 0.25) is 0 Å². The normalized spacial score (nSPS) is 11.2. The lowest BCUT2D eigenvalue weighted by molar-refractivity contribution is 0.355. The highest BCUT2D eigenvalue weighted by molar-refractivity contribution is 7.86. The summed E-state index contributed by atoms with van der Waals surface area (Å²) in [4.78, 5) is 0. The zero-order chi connectivity index (χ0) is 20.3. The molecule has 0 amide bonds. The average Bonchev–Trinajstić information content (AvgIpc) is 2.95. The van der Waals surface area contributed by atoms with Gasteiger partial charge in [0.25, 0.3) is 0 Å². The molecule has 0 fully saturated rings. The molecule has 8 nitrogen and oxygen atoms in total. The van der Waals surface area contributed by atoms with E-state index in [-0.39, 0.29) is 17.4 Å². The van der Waals surface area contributed by atoms with Gasteiger partial charge in [-0.25, -0.2) is 0 Å². The van der Waals surface area contributed by atoms with Gasteiger partial charge in [0, 0.05) is 0 Å². The quantitative estimate of drug-likeness (QED) is 0.575. The Labute approximate surface area is 162 Å². The summed E-state index contributed by atoms with van der Waals surface area (Å²) in [5, 5.41) is 10.5. The molecule has 0 radical (unpaired) electrons. The summed E-state index contributed by atoms with van der Waals surface area (Å²) in [7, 11) is -1.20. The van der Waals surface area contributed by atoms with Crippen LogP contribution in [0.5, 0.6) is 23.0 Å². The number of aromatic hydroxyl groups is 1. The van der Waals surface area contributed by atoms with Crippen LogP contribution in [0.1, 0.15) is 5.56 Å². The molecule has 0 saturated carbocycles. The molecule has 0 saturated heterocycles. The second-order valence-electron chi connectivity index (χ2n) is 5.79. The molecule has 0 spiro atoms. The number of benzene rings is 2. The predicted octanol–water partition coefficient (Wildman–Crippen LogP) is 3.16. The van der Waals surface area contributed by atoms with Crippen molar-refractivity contribution in [3.05, 3.63) is 54.1 Å². The fourth-order valence-corrected chi connectivity index (χ4v) is 3.76. The van der Waals surface area contributed by atoms with Crippen LogP contribution in [-0.4, -0.2) is 27.7 Å². The Bertz CT molecular complexity index is 1080. The molecule has 28 heavy (non-hydrogen) atoms. The Morgan fingerprint density at radius 3 is 2.36 bits per heavy atom. The number of hydrogen-bond acceptors (Lipinski definition) is 8. The Balaban J connectivity index is 1.97. The summed E-state index contributed by atoms with van der Waals surface area (Å²) in [6.45, 7) is 0. The molecule has 3 aromatic rings. The van der Waals surface area contributed by atoms with E-state index in [0.29, 0.717) is 16.9 Å². The van der Waals surface area contributed by atoms with Crippen LogP contribution >= 0.6 is 0 Å². The minimum atomic E-state index is -4.09. The third-order valence-corrected chi connectivity index (χ3v) is 5.02. The zero-order valence-electron chi connectivity index (χ0n) is 15.2. The van der Waals surface area contributed by atoms with Crippen LogP contribution in [0.3, 0.4) is 0 Å². The number of ether oxygens (including phenoxy) is 2. The first-order valence-corrected chi connectivity index (χ1v) is 9.72. The van der Waals surface area contributed by atoms with Crippen LogP contribution in [-0.2, 0) is 15.9 Å². The van der Waals surface area contributed by atoms with Gasteiger partial charge < -0.3 is 28.9 Å². The lowest BCUT2D eigenvalue weighted by atomic mass is 10.1. The number of para-hydroxylation sites is 1. The van der Waals surface area contributed by atoms with E-state index in [1.165, 1.54) is 14.2 Å². The van der Waals surface area contributed by atoms with Crippen molar-refractivity contribution in [2.75, 3.05) is 20.0 Å². The van der Waals surface area contributed by atoms with Gasteiger partial charge >= 0.3 is 10.1 Å². The Kier molecular flexibility index (Phi) is 5.36. The van der Waals surface area contributed by atoms with Crippen LogP contribution < -0.4 is 19.4 Å². The standard InChI is InChI=1S/C19H19NO7S/c1-24-14-10-6-9-13(16(14)25-2)17-15(21)18(19(20)26-17)27-28(22,23)11-12-7-4-3-5-8-12/h3-10,21H,11,20H2,1-2H3. The number of rotatable bonds is 7. The molecule has 0 aliphatic carbocycles. The van der Waals surface area contributed by atoms with Crippen LogP contribution in [0, 0.1) is 0 Å². The highest BCUT2D eigenvalue weighted by Crippen LogP contribution is 2.49. The van der Waals surface area contributed by atoms with E-state index in [0.717, 1.165) is 0 Å². The SMILES string of the molecule is COc1cccc(-c2oc(N)c(OS(=O)(=O)Cc3ccccc3)c2O)c1OC. The molecule has 148 valence electrons. The van der Waals surface area contributed by atoms with E-state index in [1.807, 2.05) is 0 Å².